The monoisotopic (exact) mass is 371 g/mol. The lowest BCUT2D eigenvalue weighted by Gasteiger charge is -2.09. The molecule has 0 heterocycles. The lowest BCUT2D eigenvalue weighted by atomic mass is 10.1. The summed E-state index contributed by atoms with van der Waals surface area (Å²) in [5.41, 5.74) is 2.79. The second kappa shape index (κ2) is 10.2. The Morgan fingerprint density at radius 1 is 0.926 bits per heavy atom. The van der Waals surface area contributed by atoms with Crippen molar-refractivity contribution in [3.63, 3.8) is 0 Å². The molecule has 0 aliphatic heterocycles. The molecule has 2 aromatic carbocycles. The molecule has 2 aromatic rings. The van der Waals surface area contributed by atoms with Gasteiger partial charge < -0.3 is 19.5 Å². The Hall–Kier alpha value is -3.02. The van der Waals surface area contributed by atoms with Gasteiger partial charge in [-0.25, -0.2) is 0 Å². The minimum atomic E-state index is -0.489. The number of carbonyl (C=O) groups is 2. The quantitative estimate of drug-likeness (QED) is 0.681. The largest absolute Gasteiger partial charge is 0.494 e. The third-order valence-corrected chi connectivity index (χ3v) is 3.58. The smallest absolute Gasteiger partial charge is 0.309 e. The third-order valence-electron chi connectivity index (χ3n) is 3.58. The summed E-state index contributed by atoms with van der Waals surface area (Å²) in [7, 11) is 0. The molecule has 0 spiro atoms. The fourth-order valence-corrected chi connectivity index (χ4v) is 2.51. The minimum absolute atomic E-state index is 0.0596. The summed E-state index contributed by atoms with van der Waals surface area (Å²) >= 11 is 0. The molecule has 6 heteroatoms. The van der Waals surface area contributed by atoms with Gasteiger partial charge in [-0.15, -0.1) is 0 Å². The Morgan fingerprint density at radius 2 is 1.52 bits per heavy atom. The van der Waals surface area contributed by atoms with Crippen molar-refractivity contribution in [2.24, 2.45) is 0 Å². The van der Waals surface area contributed by atoms with Gasteiger partial charge in [0.1, 0.15) is 11.5 Å². The number of hydrogen-bond donors (Lipinski definition) is 1. The van der Waals surface area contributed by atoms with E-state index in [4.69, 9.17) is 14.2 Å². The Labute approximate surface area is 159 Å². The lowest BCUT2D eigenvalue weighted by Crippen LogP contribution is -2.21. The normalized spacial score (nSPS) is 10.2. The SMILES string of the molecule is CCOc1ccc(OCCC(=O)OCC(=O)Nc2cc(C)cc(C)c2)cc1. The summed E-state index contributed by atoms with van der Waals surface area (Å²) in [6.07, 6.45) is 0.0596. The van der Waals surface area contributed by atoms with Crippen molar-refractivity contribution < 1.29 is 23.8 Å². The predicted octanol–water partition coefficient (Wildman–Crippen LogP) is 3.65. The van der Waals surface area contributed by atoms with E-state index in [0.717, 1.165) is 16.9 Å². The second-order valence-corrected chi connectivity index (χ2v) is 6.09. The summed E-state index contributed by atoms with van der Waals surface area (Å²) in [5.74, 6) is 0.537. The van der Waals surface area contributed by atoms with Crippen LogP contribution in [0.15, 0.2) is 42.5 Å². The Morgan fingerprint density at radius 3 is 2.11 bits per heavy atom. The van der Waals surface area contributed by atoms with Crippen LogP contribution in [0, 0.1) is 13.8 Å². The number of ether oxygens (including phenoxy) is 3. The van der Waals surface area contributed by atoms with Crippen LogP contribution >= 0.6 is 0 Å². The highest BCUT2D eigenvalue weighted by Gasteiger charge is 2.09. The van der Waals surface area contributed by atoms with Gasteiger partial charge in [0.15, 0.2) is 6.61 Å². The van der Waals surface area contributed by atoms with E-state index in [1.807, 2.05) is 39.0 Å². The molecule has 0 atom stereocenters. The molecule has 0 saturated carbocycles. The molecule has 0 aliphatic carbocycles. The highest BCUT2D eigenvalue weighted by Crippen LogP contribution is 2.17. The topological polar surface area (TPSA) is 73.9 Å². The van der Waals surface area contributed by atoms with Crippen LogP contribution in [0.4, 0.5) is 5.69 Å². The minimum Gasteiger partial charge on any atom is -0.494 e. The number of aryl methyl sites for hydroxylation is 2. The van der Waals surface area contributed by atoms with Crippen LogP contribution in [0.1, 0.15) is 24.5 Å². The molecule has 0 saturated heterocycles. The van der Waals surface area contributed by atoms with Crippen LogP contribution in [0.3, 0.4) is 0 Å². The molecule has 6 nitrogen and oxygen atoms in total. The number of carbonyl (C=O) groups excluding carboxylic acids is 2. The van der Waals surface area contributed by atoms with E-state index in [-0.39, 0.29) is 25.5 Å². The van der Waals surface area contributed by atoms with Crippen molar-refractivity contribution >= 4 is 17.6 Å². The van der Waals surface area contributed by atoms with Crippen molar-refractivity contribution in [1.29, 1.82) is 0 Å². The van der Waals surface area contributed by atoms with Gasteiger partial charge in [0.25, 0.3) is 5.91 Å². The third kappa shape index (κ3) is 7.40. The summed E-state index contributed by atoms with van der Waals surface area (Å²) in [5, 5.41) is 2.72. The highest BCUT2D eigenvalue weighted by atomic mass is 16.5. The summed E-state index contributed by atoms with van der Waals surface area (Å²) in [6.45, 7) is 6.27. The van der Waals surface area contributed by atoms with Crippen LogP contribution in [0.2, 0.25) is 0 Å². The lowest BCUT2D eigenvalue weighted by molar-refractivity contribution is -0.147. The van der Waals surface area contributed by atoms with Gasteiger partial charge in [-0.2, -0.15) is 0 Å². The molecule has 144 valence electrons. The maximum atomic E-state index is 11.9. The molecule has 0 aromatic heterocycles. The van der Waals surface area contributed by atoms with Gasteiger partial charge in [-0.05, 0) is 68.3 Å². The zero-order chi connectivity index (χ0) is 19.6. The van der Waals surface area contributed by atoms with Crippen LogP contribution in [-0.2, 0) is 14.3 Å². The molecule has 2 rings (SSSR count). The highest BCUT2D eigenvalue weighted by molar-refractivity contribution is 5.92. The van der Waals surface area contributed by atoms with Gasteiger partial charge in [0, 0.05) is 5.69 Å². The summed E-state index contributed by atoms with van der Waals surface area (Å²) < 4.78 is 15.8. The Balaban J connectivity index is 1.67. The van der Waals surface area contributed by atoms with Crippen molar-refractivity contribution in [3.05, 3.63) is 53.6 Å². The number of esters is 1. The first-order chi connectivity index (χ1) is 13.0. The van der Waals surface area contributed by atoms with E-state index in [1.54, 1.807) is 24.3 Å². The van der Waals surface area contributed by atoms with Crippen molar-refractivity contribution in [2.45, 2.75) is 27.2 Å². The number of rotatable bonds is 9. The average Bonchev–Trinajstić information content (AvgIpc) is 2.61. The molecule has 0 aliphatic rings. The maximum absolute atomic E-state index is 11.9. The van der Waals surface area contributed by atoms with Crippen molar-refractivity contribution in [1.82, 2.24) is 0 Å². The molecule has 1 amide bonds. The van der Waals surface area contributed by atoms with E-state index in [0.29, 0.717) is 18.0 Å². The van der Waals surface area contributed by atoms with Crippen LogP contribution < -0.4 is 14.8 Å². The second-order valence-electron chi connectivity index (χ2n) is 6.09. The van der Waals surface area contributed by atoms with E-state index in [1.165, 1.54) is 0 Å². The van der Waals surface area contributed by atoms with Crippen LogP contribution in [-0.4, -0.2) is 31.7 Å². The molecular formula is C21H25NO5. The first-order valence-corrected chi connectivity index (χ1v) is 8.85. The van der Waals surface area contributed by atoms with Crippen LogP contribution in [0.5, 0.6) is 11.5 Å². The molecule has 0 unspecified atom stereocenters. The number of amides is 1. The van der Waals surface area contributed by atoms with Gasteiger partial charge >= 0.3 is 5.97 Å². The zero-order valence-corrected chi connectivity index (χ0v) is 15.9. The van der Waals surface area contributed by atoms with Crippen molar-refractivity contribution in [2.75, 3.05) is 25.1 Å². The van der Waals surface area contributed by atoms with E-state index in [9.17, 15) is 9.59 Å². The zero-order valence-electron chi connectivity index (χ0n) is 15.9. The first-order valence-electron chi connectivity index (χ1n) is 8.85. The van der Waals surface area contributed by atoms with Crippen molar-refractivity contribution in [3.8, 4) is 11.5 Å². The molecule has 0 fully saturated rings. The Bertz CT molecular complexity index is 750. The Kier molecular flexibility index (Phi) is 7.67. The van der Waals surface area contributed by atoms with Gasteiger partial charge in [-0.3, -0.25) is 9.59 Å². The predicted molar refractivity (Wildman–Crippen MR) is 103 cm³/mol. The fraction of sp³-hybridized carbons (Fsp3) is 0.333. The average molecular weight is 371 g/mol. The van der Waals surface area contributed by atoms with Crippen LogP contribution in [0.25, 0.3) is 0 Å². The molecular weight excluding hydrogens is 346 g/mol. The molecule has 1 N–H and O–H groups in total. The number of nitrogens with one attached hydrogen (secondary N) is 1. The fourth-order valence-electron chi connectivity index (χ4n) is 2.51. The number of hydrogen-bond acceptors (Lipinski definition) is 5. The summed E-state index contributed by atoms with van der Waals surface area (Å²) in [4.78, 5) is 23.6. The summed E-state index contributed by atoms with van der Waals surface area (Å²) in [6, 6.07) is 12.9. The number of anilines is 1. The maximum Gasteiger partial charge on any atom is 0.309 e. The van der Waals surface area contributed by atoms with E-state index >= 15 is 0 Å². The van der Waals surface area contributed by atoms with E-state index < -0.39 is 5.97 Å². The molecule has 0 radical (unpaired) electrons. The molecule has 27 heavy (non-hydrogen) atoms. The molecule has 0 bridgehead atoms. The van der Waals surface area contributed by atoms with Gasteiger partial charge in [0.2, 0.25) is 0 Å². The van der Waals surface area contributed by atoms with Gasteiger partial charge in [-0.1, -0.05) is 6.07 Å². The van der Waals surface area contributed by atoms with E-state index in [2.05, 4.69) is 5.32 Å². The first kappa shape index (κ1) is 20.3. The van der Waals surface area contributed by atoms with Gasteiger partial charge in [0.05, 0.1) is 19.6 Å². The number of benzene rings is 2. The standard InChI is InChI=1S/C21H25NO5/c1-4-25-18-5-7-19(8-6-18)26-10-9-21(24)27-14-20(23)22-17-12-15(2)11-16(3)13-17/h5-8,11-13H,4,9-10,14H2,1-3H3,(H,22,23).